The summed E-state index contributed by atoms with van der Waals surface area (Å²) in [5.41, 5.74) is -0.387. The normalized spacial score (nSPS) is 25.8. The van der Waals surface area contributed by atoms with Gasteiger partial charge in [-0.3, -0.25) is 0 Å². The van der Waals surface area contributed by atoms with Gasteiger partial charge in [-0.1, -0.05) is 0 Å². The SMILES string of the molecule is OCC1(c2cc(F)ccc2F)CCNC1. The predicted octanol–water partition coefficient (Wildman–Crippen LogP) is 1.19. The third kappa shape index (κ3) is 1.75. The number of halogens is 2. The van der Waals surface area contributed by atoms with Crippen molar-refractivity contribution in [2.24, 2.45) is 0 Å². The molecule has 0 aliphatic carbocycles. The van der Waals surface area contributed by atoms with Gasteiger partial charge in [0.25, 0.3) is 0 Å². The zero-order valence-electron chi connectivity index (χ0n) is 8.26. The van der Waals surface area contributed by atoms with E-state index in [2.05, 4.69) is 5.32 Å². The van der Waals surface area contributed by atoms with E-state index in [0.717, 1.165) is 18.7 Å². The van der Waals surface area contributed by atoms with Crippen LogP contribution in [0, 0.1) is 11.6 Å². The maximum Gasteiger partial charge on any atom is 0.127 e. The average Bonchev–Trinajstić information content (AvgIpc) is 2.71. The van der Waals surface area contributed by atoms with E-state index in [1.165, 1.54) is 6.07 Å². The van der Waals surface area contributed by atoms with Gasteiger partial charge in [0.2, 0.25) is 0 Å². The van der Waals surface area contributed by atoms with Crippen LogP contribution in [-0.4, -0.2) is 24.8 Å². The van der Waals surface area contributed by atoms with Gasteiger partial charge < -0.3 is 10.4 Å². The summed E-state index contributed by atoms with van der Waals surface area (Å²) in [6, 6.07) is 3.38. The van der Waals surface area contributed by atoms with Gasteiger partial charge in [0, 0.05) is 17.5 Å². The Kier molecular flexibility index (Phi) is 2.71. The first-order valence-corrected chi connectivity index (χ1v) is 4.95. The van der Waals surface area contributed by atoms with Crippen LogP contribution < -0.4 is 5.32 Å². The lowest BCUT2D eigenvalue weighted by molar-refractivity contribution is 0.201. The van der Waals surface area contributed by atoms with Crippen molar-refractivity contribution >= 4 is 0 Å². The van der Waals surface area contributed by atoms with E-state index in [9.17, 15) is 13.9 Å². The van der Waals surface area contributed by atoms with Crippen LogP contribution in [0.3, 0.4) is 0 Å². The minimum absolute atomic E-state index is 0.166. The Labute approximate surface area is 86.9 Å². The topological polar surface area (TPSA) is 32.3 Å². The van der Waals surface area contributed by atoms with Crippen molar-refractivity contribution in [3.8, 4) is 0 Å². The summed E-state index contributed by atoms with van der Waals surface area (Å²) in [7, 11) is 0. The quantitative estimate of drug-likeness (QED) is 0.773. The molecule has 1 unspecified atom stereocenters. The zero-order valence-corrected chi connectivity index (χ0v) is 8.26. The molecule has 15 heavy (non-hydrogen) atoms. The molecule has 1 aromatic rings. The molecule has 2 rings (SSSR count). The van der Waals surface area contributed by atoms with Gasteiger partial charge in [0.1, 0.15) is 11.6 Å². The molecule has 1 aliphatic rings. The molecule has 0 radical (unpaired) electrons. The lowest BCUT2D eigenvalue weighted by Gasteiger charge is -2.26. The Balaban J connectivity index is 2.46. The molecule has 0 saturated carbocycles. The summed E-state index contributed by atoms with van der Waals surface area (Å²) in [6.45, 7) is 1.04. The first kappa shape index (κ1) is 10.5. The number of nitrogens with one attached hydrogen (secondary N) is 1. The standard InChI is InChI=1S/C11H13F2NO/c12-8-1-2-10(13)9(5-8)11(7-15)3-4-14-6-11/h1-2,5,14-15H,3-4,6-7H2. The second kappa shape index (κ2) is 3.87. The van der Waals surface area contributed by atoms with Crippen LogP contribution >= 0.6 is 0 Å². The van der Waals surface area contributed by atoms with E-state index in [0.29, 0.717) is 13.0 Å². The summed E-state index contributed by atoms with van der Waals surface area (Å²) in [6.07, 6.45) is 0.629. The summed E-state index contributed by atoms with van der Waals surface area (Å²) in [5.74, 6) is -0.916. The molecule has 1 saturated heterocycles. The van der Waals surface area contributed by atoms with Gasteiger partial charge in [0.15, 0.2) is 0 Å². The van der Waals surface area contributed by atoms with Gasteiger partial charge >= 0.3 is 0 Å². The number of aliphatic hydroxyl groups is 1. The Hall–Kier alpha value is -1.00. The van der Waals surface area contributed by atoms with Crippen LogP contribution in [0.15, 0.2) is 18.2 Å². The fourth-order valence-corrected chi connectivity index (χ4v) is 2.10. The van der Waals surface area contributed by atoms with Crippen molar-refractivity contribution < 1.29 is 13.9 Å². The van der Waals surface area contributed by atoms with Gasteiger partial charge in [-0.25, -0.2) is 8.78 Å². The van der Waals surface area contributed by atoms with Crippen molar-refractivity contribution in [3.63, 3.8) is 0 Å². The summed E-state index contributed by atoms with van der Waals surface area (Å²) < 4.78 is 26.6. The molecule has 2 N–H and O–H groups in total. The molecule has 2 nitrogen and oxygen atoms in total. The van der Waals surface area contributed by atoms with E-state index >= 15 is 0 Å². The van der Waals surface area contributed by atoms with Gasteiger partial charge in [-0.05, 0) is 31.2 Å². The van der Waals surface area contributed by atoms with E-state index in [1.807, 2.05) is 0 Å². The maximum absolute atomic E-state index is 13.5. The minimum Gasteiger partial charge on any atom is -0.395 e. The lowest BCUT2D eigenvalue weighted by Crippen LogP contribution is -2.34. The Morgan fingerprint density at radius 2 is 2.20 bits per heavy atom. The molecule has 1 fully saturated rings. The molecule has 0 spiro atoms. The maximum atomic E-state index is 13.5. The second-order valence-corrected chi connectivity index (χ2v) is 3.99. The smallest absolute Gasteiger partial charge is 0.127 e. The molecule has 0 amide bonds. The van der Waals surface area contributed by atoms with E-state index < -0.39 is 17.0 Å². The molecule has 1 aliphatic heterocycles. The third-order valence-electron chi connectivity index (χ3n) is 3.05. The van der Waals surface area contributed by atoms with Gasteiger partial charge in [-0.2, -0.15) is 0 Å². The van der Waals surface area contributed by atoms with Crippen LogP contribution in [0.4, 0.5) is 8.78 Å². The average molecular weight is 213 g/mol. The molecule has 1 aromatic carbocycles. The summed E-state index contributed by atoms with van der Waals surface area (Å²) in [5, 5.41) is 12.4. The van der Waals surface area contributed by atoms with Crippen molar-refractivity contribution in [3.05, 3.63) is 35.4 Å². The number of aliphatic hydroxyl groups excluding tert-OH is 1. The van der Waals surface area contributed by atoms with Crippen LogP contribution in [0.5, 0.6) is 0 Å². The molecule has 1 atom stereocenters. The molecular formula is C11H13F2NO. The first-order chi connectivity index (χ1) is 7.18. The van der Waals surface area contributed by atoms with Crippen molar-refractivity contribution in [1.29, 1.82) is 0 Å². The number of hydrogen-bond acceptors (Lipinski definition) is 2. The summed E-state index contributed by atoms with van der Waals surface area (Å²) in [4.78, 5) is 0. The fraction of sp³-hybridized carbons (Fsp3) is 0.455. The predicted molar refractivity (Wildman–Crippen MR) is 52.6 cm³/mol. The van der Waals surface area contributed by atoms with Gasteiger partial charge in [0.05, 0.1) is 6.61 Å². The monoisotopic (exact) mass is 213 g/mol. The second-order valence-electron chi connectivity index (χ2n) is 3.99. The molecule has 4 heteroatoms. The molecular weight excluding hydrogens is 200 g/mol. The Morgan fingerprint density at radius 1 is 1.40 bits per heavy atom. The Bertz CT molecular complexity index is 362. The highest BCUT2D eigenvalue weighted by Crippen LogP contribution is 2.32. The lowest BCUT2D eigenvalue weighted by atomic mass is 9.80. The van der Waals surface area contributed by atoms with Crippen molar-refractivity contribution in [1.82, 2.24) is 5.32 Å². The Morgan fingerprint density at radius 3 is 2.80 bits per heavy atom. The summed E-state index contributed by atoms with van der Waals surface area (Å²) >= 11 is 0. The first-order valence-electron chi connectivity index (χ1n) is 4.95. The zero-order chi connectivity index (χ0) is 10.9. The van der Waals surface area contributed by atoms with Crippen molar-refractivity contribution in [2.45, 2.75) is 11.8 Å². The molecule has 0 bridgehead atoms. The van der Waals surface area contributed by atoms with Crippen LogP contribution in [0.25, 0.3) is 0 Å². The van der Waals surface area contributed by atoms with E-state index in [-0.39, 0.29) is 12.2 Å². The minimum atomic E-state index is -0.661. The number of rotatable bonds is 2. The highest BCUT2D eigenvalue weighted by Gasteiger charge is 2.37. The van der Waals surface area contributed by atoms with Crippen LogP contribution in [-0.2, 0) is 5.41 Å². The largest absolute Gasteiger partial charge is 0.395 e. The molecule has 82 valence electrons. The fourth-order valence-electron chi connectivity index (χ4n) is 2.10. The van der Waals surface area contributed by atoms with E-state index in [1.54, 1.807) is 0 Å². The number of benzene rings is 1. The highest BCUT2D eigenvalue weighted by atomic mass is 19.1. The van der Waals surface area contributed by atoms with E-state index in [4.69, 9.17) is 0 Å². The van der Waals surface area contributed by atoms with Crippen LogP contribution in [0.2, 0.25) is 0 Å². The van der Waals surface area contributed by atoms with Crippen LogP contribution in [0.1, 0.15) is 12.0 Å². The molecule has 1 heterocycles. The molecule has 0 aromatic heterocycles. The van der Waals surface area contributed by atoms with Crippen molar-refractivity contribution in [2.75, 3.05) is 19.7 Å². The number of hydrogen-bond donors (Lipinski definition) is 2. The van der Waals surface area contributed by atoms with Gasteiger partial charge in [-0.15, -0.1) is 0 Å². The highest BCUT2D eigenvalue weighted by molar-refractivity contribution is 5.30. The third-order valence-corrected chi connectivity index (χ3v) is 3.05.